The Bertz CT molecular complexity index is 420. The van der Waals surface area contributed by atoms with E-state index in [-0.39, 0.29) is 0 Å². The van der Waals surface area contributed by atoms with Gasteiger partial charge in [0, 0.05) is 11.0 Å². The summed E-state index contributed by atoms with van der Waals surface area (Å²) in [6.07, 6.45) is 7.57. The molecule has 4 nitrogen and oxygen atoms in total. The third kappa shape index (κ3) is 4.25. The quantitative estimate of drug-likeness (QED) is 0.480. The van der Waals surface area contributed by atoms with Gasteiger partial charge in [-0.05, 0) is 24.0 Å². The molecule has 0 saturated carbocycles. The molecule has 4 heteroatoms. The van der Waals surface area contributed by atoms with Crippen molar-refractivity contribution in [1.29, 1.82) is 0 Å². The van der Waals surface area contributed by atoms with Gasteiger partial charge >= 0.3 is 0 Å². The molecule has 90 valence electrons. The first-order valence-corrected chi connectivity index (χ1v) is 5.47. The summed E-state index contributed by atoms with van der Waals surface area (Å²) in [5.74, 6) is 2.61. The van der Waals surface area contributed by atoms with Crippen molar-refractivity contribution >= 4 is 0 Å². The van der Waals surface area contributed by atoms with E-state index in [2.05, 4.69) is 35.5 Å². The number of benzene rings is 1. The second-order valence-corrected chi connectivity index (χ2v) is 3.81. The molecular weight excluding hydrogens is 216 g/mol. The van der Waals surface area contributed by atoms with E-state index in [1.165, 1.54) is 24.0 Å². The molecule has 0 spiro atoms. The van der Waals surface area contributed by atoms with E-state index < -0.39 is 4.92 Å². The van der Waals surface area contributed by atoms with Crippen molar-refractivity contribution in [3.05, 3.63) is 45.5 Å². The fourth-order valence-corrected chi connectivity index (χ4v) is 1.95. The van der Waals surface area contributed by atoms with Crippen LogP contribution in [0.2, 0.25) is 0 Å². The number of nitrogens with one attached hydrogen (secondary N) is 1. The molecule has 2 rings (SSSR count). The van der Waals surface area contributed by atoms with Crippen LogP contribution >= 0.6 is 0 Å². The first-order valence-electron chi connectivity index (χ1n) is 5.47. The number of terminal acetylenes is 1. The van der Waals surface area contributed by atoms with Crippen molar-refractivity contribution in [2.24, 2.45) is 0 Å². The Hall–Kier alpha value is -1.86. The molecule has 0 bridgehead atoms. The summed E-state index contributed by atoms with van der Waals surface area (Å²) in [6, 6.07) is 9.06. The van der Waals surface area contributed by atoms with Crippen molar-refractivity contribution < 1.29 is 4.92 Å². The Morgan fingerprint density at radius 3 is 2.88 bits per heavy atom. The number of rotatable bonds is 2. The number of aryl methyl sites for hydroxylation is 1. The van der Waals surface area contributed by atoms with Gasteiger partial charge in [0.1, 0.15) is 0 Å². The second-order valence-electron chi connectivity index (χ2n) is 3.81. The van der Waals surface area contributed by atoms with Crippen LogP contribution in [0.3, 0.4) is 0 Å². The lowest BCUT2D eigenvalue weighted by atomic mass is 10.1. The van der Waals surface area contributed by atoms with Crippen molar-refractivity contribution in [3.8, 4) is 12.3 Å². The molecule has 0 radical (unpaired) electrons. The molecule has 0 aromatic heterocycles. The molecule has 1 aliphatic rings. The molecule has 1 aromatic carbocycles. The van der Waals surface area contributed by atoms with Crippen molar-refractivity contribution in [3.63, 3.8) is 0 Å². The highest BCUT2D eigenvalue weighted by Gasteiger charge is 2.20. The largest absolute Gasteiger partial charge is 0.299 e. The van der Waals surface area contributed by atoms with Gasteiger partial charge in [0.2, 0.25) is 0 Å². The van der Waals surface area contributed by atoms with Crippen LogP contribution in [-0.4, -0.2) is 18.5 Å². The van der Waals surface area contributed by atoms with E-state index in [9.17, 15) is 0 Å². The van der Waals surface area contributed by atoms with Gasteiger partial charge in [0.15, 0.2) is 7.05 Å². The number of hydrogen-bond acceptors (Lipinski definition) is 3. The van der Waals surface area contributed by atoms with Gasteiger partial charge in [0.05, 0.1) is 6.54 Å². The monoisotopic (exact) mass is 232 g/mol. The predicted octanol–water partition coefficient (Wildman–Crippen LogP) is 1.79. The molecule has 1 aromatic rings. The van der Waals surface area contributed by atoms with Crippen LogP contribution in [0.25, 0.3) is 0 Å². The molecule has 0 amide bonds. The summed E-state index contributed by atoms with van der Waals surface area (Å²) in [5, 5.41) is 12.2. The van der Waals surface area contributed by atoms with E-state index in [0.29, 0.717) is 12.6 Å². The Morgan fingerprint density at radius 2 is 2.24 bits per heavy atom. The topological polar surface area (TPSA) is 55.2 Å². The molecular formula is C13H16N2O2. The third-order valence-corrected chi connectivity index (χ3v) is 2.58. The lowest BCUT2D eigenvalue weighted by Crippen LogP contribution is -2.19. The number of nitrogens with zero attached hydrogens (tertiary/aromatic N) is 1. The number of hydrogen-bond donors (Lipinski definition) is 1. The SMILES string of the molecule is C#CCNC1CCc2ccccc21.C[N+](=O)[O-]. The van der Waals surface area contributed by atoms with Gasteiger partial charge in [-0.15, -0.1) is 6.42 Å². The average molecular weight is 232 g/mol. The zero-order valence-electron chi connectivity index (χ0n) is 9.85. The molecule has 1 aliphatic carbocycles. The third-order valence-electron chi connectivity index (χ3n) is 2.58. The summed E-state index contributed by atoms with van der Waals surface area (Å²) in [5.41, 5.74) is 2.90. The normalized spacial score (nSPS) is 16.4. The van der Waals surface area contributed by atoms with Crippen LogP contribution < -0.4 is 5.32 Å². The van der Waals surface area contributed by atoms with E-state index in [4.69, 9.17) is 16.5 Å². The second kappa shape index (κ2) is 6.66. The highest BCUT2D eigenvalue weighted by atomic mass is 16.6. The van der Waals surface area contributed by atoms with E-state index in [1.807, 2.05) is 0 Å². The van der Waals surface area contributed by atoms with E-state index in [0.717, 1.165) is 7.05 Å². The number of fused-ring (bicyclic) bond motifs is 1. The fraction of sp³-hybridized carbons (Fsp3) is 0.385. The van der Waals surface area contributed by atoms with Gasteiger partial charge in [-0.25, -0.2) is 0 Å². The summed E-state index contributed by atoms with van der Waals surface area (Å²) in [4.78, 5) is 8.31. The highest BCUT2D eigenvalue weighted by Crippen LogP contribution is 2.30. The summed E-state index contributed by atoms with van der Waals surface area (Å²) >= 11 is 0. The molecule has 1 atom stereocenters. The Kier molecular flexibility index (Phi) is 5.18. The molecule has 0 saturated heterocycles. The molecule has 0 fully saturated rings. The minimum Gasteiger partial charge on any atom is -0.299 e. The zero-order valence-corrected chi connectivity index (χ0v) is 9.85. The van der Waals surface area contributed by atoms with Crippen LogP contribution in [0.1, 0.15) is 23.6 Å². The molecule has 0 aliphatic heterocycles. The van der Waals surface area contributed by atoms with Gasteiger partial charge in [-0.1, -0.05) is 30.2 Å². The van der Waals surface area contributed by atoms with Crippen LogP contribution in [0, 0.1) is 22.5 Å². The standard InChI is InChI=1S/C12H13N.CH3NO2/c1-2-9-13-12-8-7-10-5-3-4-6-11(10)12;1-2(3)4/h1,3-6,12-13H,7-9H2;1H3. The minimum atomic E-state index is -0.500. The summed E-state index contributed by atoms with van der Waals surface area (Å²) in [6.45, 7) is 0.666. The Balaban J connectivity index is 0.000000317. The van der Waals surface area contributed by atoms with Gasteiger partial charge in [-0.2, -0.15) is 0 Å². The molecule has 17 heavy (non-hydrogen) atoms. The van der Waals surface area contributed by atoms with Crippen molar-refractivity contribution in [1.82, 2.24) is 5.32 Å². The lowest BCUT2D eigenvalue weighted by molar-refractivity contribution is -0.445. The lowest BCUT2D eigenvalue weighted by Gasteiger charge is -2.10. The first-order chi connectivity index (χ1) is 8.15. The van der Waals surface area contributed by atoms with Gasteiger partial charge in [-0.3, -0.25) is 15.4 Å². The van der Waals surface area contributed by atoms with Crippen LogP contribution in [-0.2, 0) is 6.42 Å². The van der Waals surface area contributed by atoms with Crippen LogP contribution in [0.4, 0.5) is 0 Å². The average Bonchev–Trinajstić information content (AvgIpc) is 2.69. The number of nitro groups is 1. The Morgan fingerprint density at radius 1 is 1.59 bits per heavy atom. The summed E-state index contributed by atoms with van der Waals surface area (Å²) < 4.78 is 0. The van der Waals surface area contributed by atoms with Crippen LogP contribution in [0.15, 0.2) is 24.3 Å². The van der Waals surface area contributed by atoms with Gasteiger partial charge in [0.25, 0.3) is 0 Å². The smallest absolute Gasteiger partial charge is 0.194 e. The maximum atomic E-state index is 8.81. The first kappa shape index (κ1) is 13.2. The highest BCUT2D eigenvalue weighted by molar-refractivity contribution is 5.34. The van der Waals surface area contributed by atoms with Crippen LogP contribution in [0.5, 0.6) is 0 Å². The van der Waals surface area contributed by atoms with Crippen molar-refractivity contribution in [2.75, 3.05) is 13.6 Å². The van der Waals surface area contributed by atoms with E-state index in [1.54, 1.807) is 0 Å². The fourth-order valence-electron chi connectivity index (χ4n) is 1.95. The molecule has 0 heterocycles. The molecule has 1 N–H and O–H groups in total. The maximum absolute atomic E-state index is 8.81. The summed E-state index contributed by atoms with van der Waals surface area (Å²) in [7, 11) is 0.889. The van der Waals surface area contributed by atoms with Gasteiger partial charge < -0.3 is 0 Å². The van der Waals surface area contributed by atoms with Crippen molar-refractivity contribution in [2.45, 2.75) is 18.9 Å². The Labute approximate surface area is 101 Å². The zero-order chi connectivity index (χ0) is 12.7. The molecule has 1 unspecified atom stereocenters. The van der Waals surface area contributed by atoms with E-state index >= 15 is 0 Å². The maximum Gasteiger partial charge on any atom is 0.194 e. The predicted molar refractivity (Wildman–Crippen MR) is 67.3 cm³/mol. The minimum absolute atomic E-state index is 0.479.